The smallest absolute Gasteiger partial charge is 0.364 e. The van der Waals surface area contributed by atoms with Crippen molar-refractivity contribution in [2.45, 2.75) is 32.4 Å². The SMILES string of the molecule is CC(C)OC(O)c1cc(NC(=O)C2=C(C(F)(F)F)SCCS2)ccc1Cl. The van der Waals surface area contributed by atoms with Crippen molar-refractivity contribution >= 4 is 46.7 Å². The van der Waals surface area contributed by atoms with E-state index in [0.717, 1.165) is 11.8 Å². The number of aliphatic hydroxyl groups is 1. The highest BCUT2D eigenvalue weighted by molar-refractivity contribution is 8.10. The molecule has 0 saturated heterocycles. The van der Waals surface area contributed by atoms with Crippen LogP contribution in [-0.4, -0.2) is 34.8 Å². The van der Waals surface area contributed by atoms with Crippen LogP contribution < -0.4 is 5.32 Å². The highest BCUT2D eigenvalue weighted by Gasteiger charge is 2.40. The van der Waals surface area contributed by atoms with E-state index in [1.165, 1.54) is 18.2 Å². The predicted molar refractivity (Wildman–Crippen MR) is 99.3 cm³/mol. The average molecular weight is 428 g/mol. The zero-order chi connectivity index (χ0) is 19.5. The molecule has 0 fully saturated rings. The van der Waals surface area contributed by atoms with Crippen molar-refractivity contribution in [3.63, 3.8) is 0 Å². The van der Waals surface area contributed by atoms with Gasteiger partial charge >= 0.3 is 6.18 Å². The van der Waals surface area contributed by atoms with Crippen LogP contribution in [0.15, 0.2) is 28.0 Å². The highest BCUT2D eigenvalue weighted by atomic mass is 35.5. The zero-order valence-electron chi connectivity index (χ0n) is 13.9. The summed E-state index contributed by atoms with van der Waals surface area (Å²) >= 11 is 7.53. The molecule has 0 saturated carbocycles. The summed E-state index contributed by atoms with van der Waals surface area (Å²) in [6, 6.07) is 4.25. The monoisotopic (exact) mass is 427 g/mol. The number of halogens is 4. The highest BCUT2D eigenvalue weighted by Crippen LogP contribution is 2.44. The van der Waals surface area contributed by atoms with Gasteiger partial charge in [-0.25, -0.2) is 0 Å². The number of aliphatic hydroxyl groups excluding tert-OH is 1. The Balaban J connectivity index is 2.25. The van der Waals surface area contributed by atoms with Gasteiger partial charge in [0.2, 0.25) is 0 Å². The molecule has 10 heteroatoms. The van der Waals surface area contributed by atoms with E-state index in [1.807, 2.05) is 0 Å². The number of hydrogen-bond acceptors (Lipinski definition) is 5. The van der Waals surface area contributed by atoms with Gasteiger partial charge in [0.05, 0.1) is 11.0 Å². The van der Waals surface area contributed by atoms with Gasteiger partial charge in [0.25, 0.3) is 5.91 Å². The fourth-order valence-corrected chi connectivity index (χ4v) is 4.58. The van der Waals surface area contributed by atoms with Crippen molar-refractivity contribution < 1.29 is 27.8 Å². The molecule has 0 aromatic heterocycles. The molecule has 1 unspecified atom stereocenters. The number of amides is 1. The molecule has 1 aliphatic rings. The fourth-order valence-electron chi connectivity index (χ4n) is 2.13. The van der Waals surface area contributed by atoms with Gasteiger partial charge in [0.1, 0.15) is 4.91 Å². The molecule has 2 rings (SSSR count). The summed E-state index contributed by atoms with van der Waals surface area (Å²) < 4.78 is 44.5. The predicted octanol–water partition coefficient (Wildman–Crippen LogP) is 4.95. The molecule has 144 valence electrons. The van der Waals surface area contributed by atoms with Crippen LogP contribution >= 0.6 is 35.1 Å². The van der Waals surface area contributed by atoms with Crippen molar-refractivity contribution in [2.24, 2.45) is 0 Å². The third-order valence-corrected chi connectivity index (χ3v) is 6.12. The molecule has 1 aliphatic heterocycles. The molecule has 4 nitrogen and oxygen atoms in total. The molecule has 1 atom stereocenters. The van der Waals surface area contributed by atoms with E-state index in [9.17, 15) is 23.1 Å². The van der Waals surface area contributed by atoms with Crippen molar-refractivity contribution in [2.75, 3.05) is 16.8 Å². The van der Waals surface area contributed by atoms with Gasteiger partial charge in [-0.3, -0.25) is 4.79 Å². The minimum Gasteiger partial charge on any atom is -0.364 e. The first kappa shape index (κ1) is 21.4. The van der Waals surface area contributed by atoms with E-state index < -0.39 is 23.3 Å². The Kier molecular flexibility index (Phi) is 7.32. The number of carbonyl (C=O) groups excluding carboxylic acids is 1. The number of carbonyl (C=O) groups is 1. The van der Waals surface area contributed by atoms with Gasteiger partial charge in [0, 0.05) is 27.8 Å². The van der Waals surface area contributed by atoms with Gasteiger partial charge in [-0.1, -0.05) is 11.6 Å². The third-order valence-electron chi connectivity index (χ3n) is 3.17. The van der Waals surface area contributed by atoms with Crippen LogP contribution in [0.2, 0.25) is 5.02 Å². The second kappa shape index (κ2) is 8.88. The molecule has 1 aromatic carbocycles. The van der Waals surface area contributed by atoms with E-state index in [-0.39, 0.29) is 27.3 Å². The van der Waals surface area contributed by atoms with Crippen molar-refractivity contribution in [3.05, 3.63) is 38.6 Å². The number of nitrogens with one attached hydrogen (secondary N) is 1. The molecule has 0 radical (unpaired) electrons. The van der Waals surface area contributed by atoms with Gasteiger partial charge in [-0.05, 0) is 32.0 Å². The Bertz CT molecular complexity index is 710. The summed E-state index contributed by atoms with van der Waals surface area (Å²) in [4.78, 5) is 11.1. The van der Waals surface area contributed by atoms with Crippen molar-refractivity contribution in [1.82, 2.24) is 0 Å². The van der Waals surface area contributed by atoms with Gasteiger partial charge in [0.15, 0.2) is 6.29 Å². The lowest BCUT2D eigenvalue weighted by molar-refractivity contribution is -0.129. The molecule has 1 heterocycles. The van der Waals surface area contributed by atoms with E-state index in [1.54, 1.807) is 13.8 Å². The second-order valence-electron chi connectivity index (χ2n) is 5.58. The number of benzene rings is 1. The fraction of sp³-hybridized carbons (Fsp3) is 0.438. The standard InChI is InChI=1S/C16H17ClF3NO3S2/c1-8(2)24-15(23)10-7-9(3-4-11(10)17)21-14(22)12-13(16(18,19)20)26-6-5-25-12/h3-4,7-8,15,23H,5-6H2,1-2H3,(H,21,22). The molecular formula is C16H17ClF3NO3S2. The van der Waals surface area contributed by atoms with Crippen molar-refractivity contribution in [3.8, 4) is 0 Å². The van der Waals surface area contributed by atoms with Crippen LogP contribution in [0, 0.1) is 0 Å². The molecule has 0 bridgehead atoms. The van der Waals surface area contributed by atoms with E-state index in [2.05, 4.69) is 5.32 Å². The summed E-state index contributed by atoms with van der Waals surface area (Å²) in [7, 11) is 0. The van der Waals surface area contributed by atoms with E-state index in [4.69, 9.17) is 16.3 Å². The van der Waals surface area contributed by atoms with E-state index in [0.29, 0.717) is 23.3 Å². The summed E-state index contributed by atoms with van der Waals surface area (Å²) in [6.45, 7) is 3.46. The minimum atomic E-state index is -4.57. The summed E-state index contributed by atoms with van der Waals surface area (Å²) in [5, 5.41) is 12.7. The normalized spacial score (nSPS) is 16.8. The Morgan fingerprint density at radius 2 is 1.96 bits per heavy atom. The quantitative estimate of drug-likeness (QED) is 0.651. The third kappa shape index (κ3) is 5.56. The number of ether oxygens (including phenoxy) is 1. The first-order valence-electron chi connectivity index (χ1n) is 7.61. The molecule has 1 amide bonds. The maximum absolute atomic E-state index is 13.1. The van der Waals surface area contributed by atoms with Crippen LogP contribution in [0.25, 0.3) is 0 Å². The van der Waals surface area contributed by atoms with E-state index >= 15 is 0 Å². The maximum atomic E-state index is 13.1. The van der Waals surface area contributed by atoms with Gasteiger partial charge in [-0.15, -0.1) is 23.5 Å². The number of allylic oxidation sites excluding steroid dienone is 1. The Labute approximate surface area is 162 Å². The van der Waals surface area contributed by atoms with Crippen molar-refractivity contribution in [1.29, 1.82) is 0 Å². The van der Waals surface area contributed by atoms with Crippen LogP contribution in [0.1, 0.15) is 25.7 Å². The number of thioether (sulfide) groups is 2. The second-order valence-corrected chi connectivity index (χ2v) is 8.20. The summed E-state index contributed by atoms with van der Waals surface area (Å²) in [6.07, 6.45) is -6.16. The number of rotatable bonds is 5. The Morgan fingerprint density at radius 3 is 2.58 bits per heavy atom. The maximum Gasteiger partial charge on any atom is 0.423 e. The Morgan fingerprint density at radius 1 is 1.31 bits per heavy atom. The first-order chi connectivity index (χ1) is 12.1. The Hall–Kier alpha value is -0.870. The van der Waals surface area contributed by atoms with Gasteiger partial charge < -0.3 is 15.2 Å². The number of alkyl halides is 3. The van der Waals surface area contributed by atoms with Crippen LogP contribution in [0.5, 0.6) is 0 Å². The summed E-state index contributed by atoms with van der Waals surface area (Å²) in [5.74, 6) is -0.137. The molecule has 0 aliphatic carbocycles. The molecule has 1 aromatic rings. The number of anilines is 1. The van der Waals surface area contributed by atoms with Crippen LogP contribution in [0.3, 0.4) is 0 Å². The first-order valence-corrected chi connectivity index (χ1v) is 9.96. The minimum absolute atomic E-state index is 0.214. The van der Waals surface area contributed by atoms with Gasteiger partial charge in [-0.2, -0.15) is 13.2 Å². The molecule has 26 heavy (non-hydrogen) atoms. The number of hydrogen-bond donors (Lipinski definition) is 2. The lowest BCUT2D eigenvalue weighted by Gasteiger charge is -2.21. The summed E-state index contributed by atoms with van der Waals surface area (Å²) in [5.41, 5.74) is 0.430. The van der Waals surface area contributed by atoms with Crippen LogP contribution in [0.4, 0.5) is 18.9 Å². The molecule has 2 N–H and O–H groups in total. The zero-order valence-corrected chi connectivity index (χ0v) is 16.3. The average Bonchev–Trinajstić information content (AvgIpc) is 2.55. The lowest BCUT2D eigenvalue weighted by Crippen LogP contribution is -2.22. The van der Waals surface area contributed by atoms with Crippen LogP contribution in [-0.2, 0) is 9.53 Å². The topological polar surface area (TPSA) is 58.6 Å². The lowest BCUT2D eigenvalue weighted by atomic mass is 10.2. The molecular weight excluding hydrogens is 411 g/mol. The molecule has 0 spiro atoms. The largest absolute Gasteiger partial charge is 0.423 e.